The van der Waals surface area contributed by atoms with Gasteiger partial charge in [-0.2, -0.15) is 0 Å². The van der Waals surface area contributed by atoms with E-state index in [9.17, 15) is 30.3 Å². The molecule has 37 heavy (non-hydrogen) atoms. The number of cyclic esters (lactones) is 1. The third kappa shape index (κ3) is 3.79. The molecule has 0 bridgehead atoms. The highest BCUT2D eigenvalue weighted by Gasteiger charge is 2.41. The molecule has 4 atom stereocenters. The fourth-order valence-corrected chi connectivity index (χ4v) is 5.00. The molecule has 11 heteroatoms. The lowest BCUT2D eigenvalue weighted by atomic mass is 9.87. The summed E-state index contributed by atoms with van der Waals surface area (Å²) in [7, 11) is 0. The summed E-state index contributed by atoms with van der Waals surface area (Å²) in [5, 5.41) is 51.4. The average molecular weight is 512 g/mol. The van der Waals surface area contributed by atoms with Crippen molar-refractivity contribution in [1.29, 1.82) is 0 Å². The van der Waals surface area contributed by atoms with E-state index in [1.165, 1.54) is 0 Å². The fourth-order valence-electron chi connectivity index (χ4n) is 5.00. The monoisotopic (exact) mass is 512 g/mol. The molecule has 0 spiro atoms. The van der Waals surface area contributed by atoms with Crippen molar-refractivity contribution in [2.75, 3.05) is 13.4 Å². The van der Waals surface area contributed by atoms with Crippen LogP contribution in [-0.2, 0) is 29.3 Å². The van der Waals surface area contributed by atoms with Gasteiger partial charge in [0.1, 0.15) is 30.7 Å². The van der Waals surface area contributed by atoms with E-state index in [0.29, 0.717) is 50.1 Å². The maximum absolute atomic E-state index is 13.0. The van der Waals surface area contributed by atoms with Gasteiger partial charge in [0.2, 0.25) is 13.1 Å². The maximum atomic E-state index is 13.0. The van der Waals surface area contributed by atoms with Gasteiger partial charge in [0.25, 0.3) is 0 Å². The molecule has 4 unspecified atom stereocenters. The second-order valence-corrected chi connectivity index (χ2v) is 9.05. The summed E-state index contributed by atoms with van der Waals surface area (Å²) >= 11 is 0. The van der Waals surface area contributed by atoms with Crippen LogP contribution in [0.15, 0.2) is 30.3 Å². The van der Waals surface area contributed by atoms with Crippen molar-refractivity contribution in [2.45, 2.75) is 44.4 Å². The minimum absolute atomic E-state index is 0.0746. The van der Waals surface area contributed by atoms with Crippen molar-refractivity contribution in [3.63, 3.8) is 0 Å². The maximum Gasteiger partial charge on any atom is 0.339 e. The van der Waals surface area contributed by atoms with Crippen LogP contribution >= 0.6 is 0 Å². The Hall–Kier alpha value is -3.45. The molecule has 3 aliphatic heterocycles. The molecule has 6 rings (SSSR count). The van der Waals surface area contributed by atoms with Gasteiger partial charge in [-0.05, 0) is 46.3 Å². The predicted molar refractivity (Wildman–Crippen MR) is 125 cm³/mol. The van der Waals surface area contributed by atoms with Crippen molar-refractivity contribution in [2.24, 2.45) is 0 Å². The van der Waals surface area contributed by atoms with E-state index in [2.05, 4.69) is 0 Å². The molecule has 3 heterocycles. The summed E-state index contributed by atoms with van der Waals surface area (Å²) in [6, 6.07) is 8.55. The molecule has 5 N–H and O–H groups in total. The summed E-state index contributed by atoms with van der Waals surface area (Å²) < 4.78 is 27.9. The van der Waals surface area contributed by atoms with Crippen molar-refractivity contribution < 1.29 is 54.0 Å². The Labute approximate surface area is 210 Å². The van der Waals surface area contributed by atoms with Gasteiger partial charge in [-0.25, -0.2) is 4.79 Å². The second-order valence-electron chi connectivity index (χ2n) is 9.05. The van der Waals surface area contributed by atoms with E-state index in [1.807, 2.05) is 0 Å². The minimum Gasteiger partial charge on any atom is -0.461 e. The molecule has 0 saturated carbocycles. The van der Waals surface area contributed by atoms with Crippen LogP contribution in [0, 0.1) is 0 Å². The van der Waals surface area contributed by atoms with Crippen LogP contribution in [0.1, 0.15) is 27.0 Å². The molecule has 1 fully saturated rings. The Morgan fingerprint density at radius 1 is 0.865 bits per heavy atom. The van der Waals surface area contributed by atoms with E-state index in [0.717, 1.165) is 0 Å². The van der Waals surface area contributed by atoms with Crippen molar-refractivity contribution in [1.82, 2.24) is 0 Å². The molecule has 0 aliphatic carbocycles. The highest BCUT2D eigenvalue weighted by atomic mass is 16.7. The van der Waals surface area contributed by atoms with Crippen LogP contribution in [0.4, 0.5) is 0 Å². The molecular weight excluding hydrogens is 488 g/mol. The van der Waals surface area contributed by atoms with Crippen LogP contribution in [0.2, 0.25) is 0 Å². The number of rotatable bonds is 5. The molecule has 3 aromatic rings. The lowest BCUT2D eigenvalue weighted by Gasteiger charge is -2.35. The smallest absolute Gasteiger partial charge is 0.339 e. The van der Waals surface area contributed by atoms with Gasteiger partial charge in [-0.3, -0.25) is 0 Å². The lowest BCUT2D eigenvalue weighted by Crippen LogP contribution is -2.54. The van der Waals surface area contributed by atoms with Crippen LogP contribution < -0.4 is 14.2 Å². The largest absolute Gasteiger partial charge is 0.461 e. The zero-order chi connectivity index (χ0) is 25.8. The van der Waals surface area contributed by atoms with Crippen molar-refractivity contribution in [3.8, 4) is 28.4 Å². The van der Waals surface area contributed by atoms with Crippen LogP contribution in [0.3, 0.4) is 0 Å². The van der Waals surface area contributed by atoms with Gasteiger partial charge in [-0.1, -0.05) is 6.07 Å². The Bertz CT molecular complexity index is 1400. The van der Waals surface area contributed by atoms with E-state index in [-0.39, 0.29) is 44.5 Å². The van der Waals surface area contributed by atoms with E-state index in [1.54, 1.807) is 30.3 Å². The van der Waals surface area contributed by atoms with Gasteiger partial charge in [0, 0.05) is 16.5 Å². The molecule has 194 valence electrons. The van der Waals surface area contributed by atoms with Gasteiger partial charge in [0.05, 0.1) is 25.4 Å². The Morgan fingerprint density at radius 2 is 1.59 bits per heavy atom. The number of benzene rings is 3. The van der Waals surface area contributed by atoms with Gasteiger partial charge >= 0.3 is 5.97 Å². The molecule has 0 aromatic heterocycles. The number of aliphatic hydroxyl groups is 5. The van der Waals surface area contributed by atoms with Gasteiger partial charge < -0.3 is 49.2 Å². The third-order valence-corrected chi connectivity index (χ3v) is 6.92. The van der Waals surface area contributed by atoms with Crippen LogP contribution in [0.5, 0.6) is 17.2 Å². The average Bonchev–Trinajstić information content (AvgIpc) is 3.54. The first-order valence-corrected chi connectivity index (χ1v) is 11.7. The topological polar surface area (TPSA) is 164 Å². The zero-order valence-corrected chi connectivity index (χ0v) is 19.4. The fraction of sp³-hybridized carbons (Fsp3) is 0.346. The standard InChI is InChI=1S/C26H24O11/c27-6-12-3-14-15(4-13(12)7-28)24(37-26-23(31)22(30)17(29)9-34-26)16-8-33-25(32)21(16)20(14)11-1-2-18-19(5-11)36-10-35-18/h1-5,17,22-23,26-31H,6-10H2. The number of carbonyl (C=O) groups excluding carboxylic acids is 1. The summed E-state index contributed by atoms with van der Waals surface area (Å²) in [5.41, 5.74) is 2.64. The number of esters is 1. The Kier molecular flexibility index (Phi) is 5.91. The third-order valence-electron chi connectivity index (χ3n) is 6.92. The molecule has 0 radical (unpaired) electrons. The number of hydrogen-bond donors (Lipinski definition) is 5. The Balaban J connectivity index is 1.61. The summed E-state index contributed by atoms with van der Waals surface area (Å²) in [4.78, 5) is 13.0. The van der Waals surface area contributed by atoms with Crippen molar-refractivity contribution >= 4 is 16.7 Å². The lowest BCUT2D eigenvalue weighted by molar-refractivity contribution is -0.241. The summed E-state index contributed by atoms with van der Waals surface area (Å²) in [6.07, 6.45) is -5.72. The van der Waals surface area contributed by atoms with Crippen molar-refractivity contribution in [3.05, 3.63) is 52.6 Å². The van der Waals surface area contributed by atoms with Crippen LogP contribution in [-0.4, -0.2) is 69.5 Å². The van der Waals surface area contributed by atoms with E-state index < -0.39 is 30.6 Å². The Morgan fingerprint density at radius 3 is 2.35 bits per heavy atom. The summed E-state index contributed by atoms with van der Waals surface area (Å²) in [5.74, 6) is 0.640. The summed E-state index contributed by atoms with van der Waals surface area (Å²) in [6.45, 7) is -1.06. The number of fused-ring (bicyclic) bond motifs is 3. The van der Waals surface area contributed by atoms with E-state index >= 15 is 0 Å². The SMILES string of the molecule is O=C1OCc2c1c(-c1ccc3c(c1)OCO3)c1cc(CO)c(CO)cc1c2OC1OCC(O)C(O)C1O. The molecule has 0 amide bonds. The zero-order valence-electron chi connectivity index (χ0n) is 19.4. The molecular formula is C26H24O11. The van der Waals surface area contributed by atoms with Gasteiger partial charge in [0.15, 0.2) is 11.5 Å². The number of hydrogen-bond acceptors (Lipinski definition) is 11. The van der Waals surface area contributed by atoms with E-state index in [4.69, 9.17) is 23.7 Å². The molecule has 1 saturated heterocycles. The first-order chi connectivity index (χ1) is 17.9. The quantitative estimate of drug-likeness (QED) is 0.306. The number of aliphatic hydroxyl groups excluding tert-OH is 5. The predicted octanol–water partition coefficient (Wildman–Crippen LogP) is 0.708. The molecule has 11 nitrogen and oxygen atoms in total. The normalized spacial score (nSPS) is 24.3. The first kappa shape index (κ1) is 23.9. The molecule has 3 aromatic carbocycles. The second kappa shape index (κ2) is 9.14. The van der Waals surface area contributed by atoms with Crippen LogP contribution in [0.25, 0.3) is 21.9 Å². The number of ether oxygens (including phenoxy) is 5. The van der Waals surface area contributed by atoms with Gasteiger partial charge in [-0.15, -0.1) is 0 Å². The molecule has 3 aliphatic rings. The number of carbonyl (C=O) groups is 1. The highest BCUT2D eigenvalue weighted by Crippen LogP contribution is 2.48. The minimum atomic E-state index is -1.57. The highest BCUT2D eigenvalue weighted by molar-refractivity contribution is 6.13. The first-order valence-electron chi connectivity index (χ1n) is 11.7.